The van der Waals surface area contributed by atoms with Gasteiger partial charge in [-0.05, 0) is 37.6 Å². The smallest absolute Gasteiger partial charge is 0.0840 e. The first kappa shape index (κ1) is 12.1. The number of hydrogen-bond acceptors (Lipinski definition) is 4. The zero-order valence-electron chi connectivity index (χ0n) is 10.6. The van der Waals surface area contributed by atoms with Crippen molar-refractivity contribution in [2.75, 3.05) is 19.7 Å². The number of pyridine rings is 1. The Labute approximate surface area is 108 Å². The lowest BCUT2D eigenvalue weighted by molar-refractivity contribution is -0.0241. The summed E-state index contributed by atoms with van der Waals surface area (Å²) in [5.74, 6) is 0. The van der Waals surface area contributed by atoms with Crippen molar-refractivity contribution in [3.05, 3.63) is 30.1 Å². The van der Waals surface area contributed by atoms with Crippen molar-refractivity contribution >= 4 is 0 Å². The summed E-state index contributed by atoms with van der Waals surface area (Å²) in [5.41, 5.74) is 1.22. The molecule has 0 aromatic carbocycles. The van der Waals surface area contributed by atoms with Crippen molar-refractivity contribution in [1.82, 2.24) is 10.3 Å². The SMILES string of the molecule is c1cncc(CO[C@@H]2COC3(CCNCC3)C2)c1. The molecule has 4 nitrogen and oxygen atoms in total. The molecule has 98 valence electrons. The van der Waals surface area contributed by atoms with Gasteiger partial charge in [0.15, 0.2) is 0 Å². The molecule has 1 aromatic heterocycles. The van der Waals surface area contributed by atoms with Gasteiger partial charge >= 0.3 is 0 Å². The monoisotopic (exact) mass is 248 g/mol. The van der Waals surface area contributed by atoms with Crippen LogP contribution in [0.15, 0.2) is 24.5 Å². The molecule has 18 heavy (non-hydrogen) atoms. The van der Waals surface area contributed by atoms with Crippen LogP contribution in [0, 0.1) is 0 Å². The Hall–Kier alpha value is -0.970. The summed E-state index contributed by atoms with van der Waals surface area (Å²) >= 11 is 0. The maximum atomic E-state index is 6.00. The van der Waals surface area contributed by atoms with E-state index >= 15 is 0 Å². The van der Waals surface area contributed by atoms with Crippen LogP contribution in [0.5, 0.6) is 0 Å². The van der Waals surface area contributed by atoms with E-state index in [0.717, 1.165) is 44.5 Å². The molecule has 2 saturated heterocycles. The second kappa shape index (κ2) is 5.34. The van der Waals surface area contributed by atoms with E-state index in [1.54, 1.807) is 6.20 Å². The largest absolute Gasteiger partial charge is 0.372 e. The molecular weight excluding hydrogens is 228 g/mol. The van der Waals surface area contributed by atoms with Gasteiger partial charge in [-0.2, -0.15) is 0 Å². The lowest BCUT2D eigenvalue weighted by atomic mass is 9.89. The van der Waals surface area contributed by atoms with E-state index in [1.807, 2.05) is 18.3 Å². The fourth-order valence-corrected chi connectivity index (χ4v) is 2.84. The van der Waals surface area contributed by atoms with E-state index in [9.17, 15) is 0 Å². The predicted octanol–water partition coefficient (Wildman–Crippen LogP) is 1.51. The number of hydrogen-bond donors (Lipinski definition) is 1. The van der Waals surface area contributed by atoms with Crippen molar-refractivity contribution in [3.63, 3.8) is 0 Å². The highest BCUT2D eigenvalue weighted by molar-refractivity contribution is 5.07. The molecule has 2 aliphatic rings. The normalized spacial score (nSPS) is 26.6. The summed E-state index contributed by atoms with van der Waals surface area (Å²) in [6, 6.07) is 3.99. The maximum absolute atomic E-state index is 6.00. The van der Waals surface area contributed by atoms with Gasteiger partial charge in [-0.3, -0.25) is 4.98 Å². The Kier molecular flexibility index (Phi) is 3.59. The molecule has 2 aliphatic heterocycles. The van der Waals surface area contributed by atoms with E-state index in [2.05, 4.69) is 10.3 Å². The Balaban J connectivity index is 1.50. The van der Waals surface area contributed by atoms with Gasteiger partial charge in [0.1, 0.15) is 0 Å². The molecule has 3 rings (SSSR count). The van der Waals surface area contributed by atoms with Crippen LogP contribution < -0.4 is 5.32 Å². The maximum Gasteiger partial charge on any atom is 0.0840 e. The number of aromatic nitrogens is 1. The predicted molar refractivity (Wildman–Crippen MR) is 68.2 cm³/mol. The third-order valence-electron chi connectivity index (χ3n) is 3.90. The van der Waals surface area contributed by atoms with Gasteiger partial charge in [0, 0.05) is 18.8 Å². The molecule has 1 aromatic rings. The Morgan fingerprint density at radius 2 is 2.33 bits per heavy atom. The zero-order chi connectivity index (χ0) is 12.3. The van der Waals surface area contributed by atoms with E-state index in [-0.39, 0.29) is 11.7 Å². The van der Waals surface area contributed by atoms with Crippen LogP contribution in [0.1, 0.15) is 24.8 Å². The highest BCUT2D eigenvalue weighted by atomic mass is 16.6. The first-order chi connectivity index (χ1) is 8.86. The van der Waals surface area contributed by atoms with Crippen LogP contribution in [0.4, 0.5) is 0 Å². The molecule has 0 saturated carbocycles. The highest BCUT2D eigenvalue weighted by Gasteiger charge is 2.41. The van der Waals surface area contributed by atoms with E-state index < -0.39 is 0 Å². The molecule has 2 fully saturated rings. The lowest BCUT2D eigenvalue weighted by Crippen LogP contribution is -2.41. The van der Waals surface area contributed by atoms with Gasteiger partial charge < -0.3 is 14.8 Å². The topological polar surface area (TPSA) is 43.4 Å². The van der Waals surface area contributed by atoms with Crippen molar-refractivity contribution in [1.29, 1.82) is 0 Å². The Morgan fingerprint density at radius 1 is 1.44 bits per heavy atom. The third-order valence-corrected chi connectivity index (χ3v) is 3.90. The zero-order valence-corrected chi connectivity index (χ0v) is 10.6. The van der Waals surface area contributed by atoms with Crippen LogP contribution in [0.3, 0.4) is 0 Å². The van der Waals surface area contributed by atoms with Crippen molar-refractivity contribution in [3.8, 4) is 0 Å². The minimum Gasteiger partial charge on any atom is -0.372 e. The lowest BCUT2D eigenvalue weighted by Gasteiger charge is -2.32. The van der Waals surface area contributed by atoms with E-state index in [4.69, 9.17) is 9.47 Å². The van der Waals surface area contributed by atoms with Gasteiger partial charge in [-0.15, -0.1) is 0 Å². The standard InChI is InChI=1S/C14H20N2O2/c1-2-12(9-16-5-1)10-17-13-8-14(18-11-13)3-6-15-7-4-14/h1-2,5,9,13,15H,3-4,6-8,10-11H2/t13-/m0/s1. The minimum atomic E-state index is 0.0881. The third kappa shape index (κ3) is 2.71. The fraction of sp³-hybridized carbons (Fsp3) is 0.643. The number of rotatable bonds is 3. The average molecular weight is 248 g/mol. The first-order valence-electron chi connectivity index (χ1n) is 6.72. The summed E-state index contributed by atoms with van der Waals surface area (Å²) in [6.07, 6.45) is 7.14. The molecular formula is C14H20N2O2. The van der Waals surface area contributed by atoms with E-state index in [1.165, 1.54) is 0 Å². The molecule has 4 heteroatoms. The van der Waals surface area contributed by atoms with Crippen LogP contribution in [-0.4, -0.2) is 36.4 Å². The second-order valence-corrected chi connectivity index (χ2v) is 5.24. The van der Waals surface area contributed by atoms with Gasteiger partial charge in [0.25, 0.3) is 0 Å². The molecule has 0 radical (unpaired) electrons. The van der Waals surface area contributed by atoms with Crippen LogP contribution >= 0.6 is 0 Å². The van der Waals surface area contributed by atoms with Gasteiger partial charge in [0.05, 0.1) is 24.9 Å². The van der Waals surface area contributed by atoms with E-state index in [0.29, 0.717) is 6.61 Å². The molecule has 0 unspecified atom stereocenters. The minimum absolute atomic E-state index is 0.0881. The van der Waals surface area contributed by atoms with Crippen molar-refractivity contribution < 1.29 is 9.47 Å². The number of piperidine rings is 1. The Morgan fingerprint density at radius 3 is 3.11 bits per heavy atom. The van der Waals surface area contributed by atoms with Crippen molar-refractivity contribution in [2.24, 2.45) is 0 Å². The summed E-state index contributed by atoms with van der Waals surface area (Å²) in [6.45, 7) is 3.50. The molecule has 3 heterocycles. The summed E-state index contributed by atoms with van der Waals surface area (Å²) < 4.78 is 11.9. The van der Waals surface area contributed by atoms with Crippen LogP contribution in [0.2, 0.25) is 0 Å². The van der Waals surface area contributed by atoms with Gasteiger partial charge in [-0.25, -0.2) is 0 Å². The van der Waals surface area contributed by atoms with Crippen LogP contribution in [-0.2, 0) is 16.1 Å². The molecule has 0 amide bonds. The number of nitrogens with zero attached hydrogens (tertiary/aromatic N) is 1. The number of nitrogens with one attached hydrogen (secondary N) is 1. The fourth-order valence-electron chi connectivity index (χ4n) is 2.84. The molecule has 0 bridgehead atoms. The first-order valence-corrected chi connectivity index (χ1v) is 6.72. The Bertz CT molecular complexity index is 377. The average Bonchev–Trinajstić information content (AvgIpc) is 2.82. The summed E-state index contributed by atoms with van der Waals surface area (Å²) in [5, 5.41) is 3.38. The highest BCUT2D eigenvalue weighted by Crippen LogP contribution is 2.35. The van der Waals surface area contributed by atoms with Crippen LogP contribution in [0.25, 0.3) is 0 Å². The summed E-state index contributed by atoms with van der Waals surface area (Å²) in [4.78, 5) is 4.09. The second-order valence-electron chi connectivity index (χ2n) is 5.24. The van der Waals surface area contributed by atoms with Gasteiger partial charge in [-0.1, -0.05) is 6.07 Å². The molecule has 1 N–H and O–H groups in total. The number of ether oxygens (including phenoxy) is 2. The molecule has 1 atom stereocenters. The molecule has 1 spiro atoms. The molecule has 0 aliphatic carbocycles. The van der Waals surface area contributed by atoms with Crippen molar-refractivity contribution in [2.45, 2.75) is 37.6 Å². The summed E-state index contributed by atoms with van der Waals surface area (Å²) in [7, 11) is 0. The quantitative estimate of drug-likeness (QED) is 0.880. The van der Waals surface area contributed by atoms with Gasteiger partial charge in [0.2, 0.25) is 0 Å².